The van der Waals surface area contributed by atoms with Crippen LogP contribution in [-0.4, -0.2) is 35.5 Å². The second-order valence-electron chi connectivity index (χ2n) is 5.82. The molecule has 0 aliphatic carbocycles. The monoisotopic (exact) mass is 328 g/mol. The molecule has 1 saturated heterocycles. The van der Waals surface area contributed by atoms with Gasteiger partial charge in [-0.2, -0.15) is 0 Å². The highest BCUT2D eigenvalue weighted by atomic mass is 32.1. The highest BCUT2D eigenvalue weighted by Gasteiger charge is 2.27. The first kappa shape index (κ1) is 15.9. The quantitative estimate of drug-likeness (QED) is 0.856. The number of carbonyl (C=O) groups is 1. The van der Waals surface area contributed by atoms with Crippen LogP contribution in [0.15, 0.2) is 48.7 Å². The average molecular weight is 328 g/mol. The van der Waals surface area contributed by atoms with Crippen molar-refractivity contribution in [3.05, 3.63) is 64.4 Å². The number of hydrogen-bond donors (Lipinski definition) is 1. The molecule has 0 spiro atoms. The molecule has 5 heteroatoms. The topological polar surface area (TPSA) is 45.3 Å². The summed E-state index contributed by atoms with van der Waals surface area (Å²) in [6.45, 7) is 2.80. The molecule has 120 valence electrons. The fourth-order valence-corrected chi connectivity index (χ4v) is 3.05. The number of carbonyl (C=O) groups excluding carboxylic acids is 1. The van der Waals surface area contributed by atoms with E-state index in [1.54, 1.807) is 18.3 Å². The van der Waals surface area contributed by atoms with Gasteiger partial charge in [0.25, 0.3) is 5.91 Å². The first-order valence-corrected chi connectivity index (χ1v) is 8.23. The van der Waals surface area contributed by atoms with Crippen molar-refractivity contribution in [2.45, 2.75) is 13.0 Å². The molecule has 1 N–H and O–H groups in total. The van der Waals surface area contributed by atoms with Crippen LogP contribution < -0.4 is 0 Å². The van der Waals surface area contributed by atoms with E-state index >= 15 is 0 Å². The van der Waals surface area contributed by atoms with Crippen molar-refractivity contribution in [3.8, 4) is 0 Å². The first-order chi connectivity index (χ1) is 11.2. The van der Waals surface area contributed by atoms with E-state index in [9.17, 15) is 4.79 Å². The molecule has 0 saturated carbocycles. The third kappa shape index (κ3) is 4.06. The SMILES string of the molecule is O=C(c1ccc[nH]c1=S)N1CC[C@H](COCc2ccccc2)C1. The van der Waals surface area contributed by atoms with Gasteiger partial charge in [0.2, 0.25) is 0 Å². The van der Waals surface area contributed by atoms with Gasteiger partial charge in [-0.25, -0.2) is 0 Å². The summed E-state index contributed by atoms with van der Waals surface area (Å²) in [7, 11) is 0. The van der Waals surface area contributed by atoms with Gasteiger partial charge in [0.1, 0.15) is 4.64 Å². The van der Waals surface area contributed by atoms with E-state index in [1.807, 2.05) is 23.1 Å². The summed E-state index contributed by atoms with van der Waals surface area (Å²) in [4.78, 5) is 17.3. The molecule has 1 atom stereocenters. The Labute approximate surface area is 141 Å². The first-order valence-electron chi connectivity index (χ1n) is 7.82. The molecule has 1 aliphatic rings. The third-order valence-electron chi connectivity index (χ3n) is 4.09. The van der Waals surface area contributed by atoms with Crippen molar-refractivity contribution < 1.29 is 9.53 Å². The lowest BCUT2D eigenvalue weighted by Crippen LogP contribution is -2.29. The number of aromatic amines is 1. The van der Waals surface area contributed by atoms with Crippen LogP contribution in [0.1, 0.15) is 22.3 Å². The van der Waals surface area contributed by atoms with Gasteiger partial charge in [-0.1, -0.05) is 42.5 Å². The number of nitrogens with zero attached hydrogens (tertiary/aromatic N) is 1. The molecule has 2 aromatic rings. The van der Waals surface area contributed by atoms with Crippen molar-refractivity contribution in [1.82, 2.24) is 9.88 Å². The maximum Gasteiger partial charge on any atom is 0.256 e. The van der Waals surface area contributed by atoms with Gasteiger partial charge in [0, 0.05) is 25.2 Å². The van der Waals surface area contributed by atoms with Gasteiger partial charge < -0.3 is 14.6 Å². The zero-order valence-electron chi connectivity index (χ0n) is 12.9. The van der Waals surface area contributed by atoms with Crippen LogP contribution in [0.3, 0.4) is 0 Å². The average Bonchev–Trinajstić information content (AvgIpc) is 3.05. The van der Waals surface area contributed by atoms with E-state index in [2.05, 4.69) is 17.1 Å². The van der Waals surface area contributed by atoms with Gasteiger partial charge in [0.15, 0.2) is 0 Å². The van der Waals surface area contributed by atoms with Crippen LogP contribution in [0.25, 0.3) is 0 Å². The maximum atomic E-state index is 12.5. The fourth-order valence-electron chi connectivity index (χ4n) is 2.83. The van der Waals surface area contributed by atoms with Crippen LogP contribution >= 0.6 is 12.2 Å². The van der Waals surface area contributed by atoms with E-state index in [-0.39, 0.29) is 5.91 Å². The lowest BCUT2D eigenvalue weighted by molar-refractivity contribution is 0.0732. The zero-order chi connectivity index (χ0) is 16.1. The van der Waals surface area contributed by atoms with E-state index < -0.39 is 0 Å². The van der Waals surface area contributed by atoms with Crippen molar-refractivity contribution in [1.29, 1.82) is 0 Å². The Balaban J connectivity index is 1.50. The Kier molecular flexibility index (Phi) is 5.20. The summed E-state index contributed by atoms with van der Waals surface area (Å²) < 4.78 is 6.30. The lowest BCUT2D eigenvalue weighted by atomic mass is 10.1. The second kappa shape index (κ2) is 7.53. The van der Waals surface area contributed by atoms with Crippen molar-refractivity contribution in [2.75, 3.05) is 19.7 Å². The van der Waals surface area contributed by atoms with Crippen molar-refractivity contribution in [2.24, 2.45) is 5.92 Å². The molecule has 0 bridgehead atoms. The number of rotatable bonds is 5. The van der Waals surface area contributed by atoms with E-state index in [0.29, 0.717) is 29.3 Å². The van der Waals surface area contributed by atoms with E-state index in [1.165, 1.54) is 5.56 Å². The molecule has 2 heterocycles. The maximum absolute atomic E-state index is 12.5. The largest absolute Gasteiger partial charge is 0.376 e. The Bertz CT molecular complexity index is 714. The predicted octanol–water partition coefficient (Wildman–Crippen LogP) is 3.42. The van der Waals surface area contributed by atoms with Crippen LogP contribution in [0.2, 0.25) is 0 Å². The molecule has 0 radical (unpaired) electrons. The Hall–Kier alpha value is -1.98. The number of likely N-dealkylation sites (tertiary alicyclic amines) is 1. The number of nitrogens with one attached hydrogen (secondary N) is 1. The smallest absolute Gasteiger partial charge is 0.256 e. The minimum atomic E-state index is 0.0115. The van der Waals surface area contributed by atoms with Crippen molar-refractivity contribution >= 4 is 18.1 Å². The Morgan fingerprint density at radius 3 is 2.87 bits per heavy atom. The van der Waals surface area contributed by atoms with E-state index in [0.717, 1.165) is 19.5 Å². The van der Waals surface area contributed by atoms with Gasteiger partial charge >= 0.3 is 0 Å². The molecule has 1 amide bonds. The normalized spacial score (nSPS) is 17.4. The number of amides is 1. The lowest BCUT2D eigenvalue weighted by Gasteiger charge is -2.16. The second-order valence-corrected chi connectivity index (χ2v) is 6.23. The summed E-state index contributed by atoms with van der Waals surface area (Å²) in [5.41, 5.74) is 1.75. The van der Waals surface area contributed by atoms with Crippen LogP contribution in [0.5, 0.6) is 0 Å². The number of H-pyrrole nitrogens is 1. The zero-order valence-corrected chi connectivity index (χ0v) is 13.7. The minimum absolute atomic E-state index is 0.0115. The summed E-state index contributed by atoms with van der Waals surface area (Å²) >= 11 is 5.19. The number of aromatic nitrogens is 1. The standard InChI is InChI=1S/C18H20N2O2S/c21-18(16-7-4-9-19-17(16)23)20-10-8-15(11-20)13-22-12-14-5-2-1-3-6-14/h1-7,9,15H,8,10-13H2,(H,19,23)/t15-/m0/s1. The van der Waals surface area contributed by atoms with Crippen LogP contribution in [0, 0.1) is 10.6 Å². The molecule has 1 aromatic carbocycles. The van der Waals surface area contributed by atoms with Crippen LogP contribution in [0.4, 0.5) is 0 Å². The minimum Gasteiger partial charge on any atom is -0.376 e. The van der Waals surface area contributed by atoms with Crippen LogP contribution in [-0.2, 0) is 11.3 Å². The fraction of sp³-hybridized carbons (Fsp3) is 0.333. The van der Waals surface area contributed by atoms with E-state index in [4.69, 9.17) is 17.0 Å². The van der Waals surface area contributed by atoms with Gasteiger partial charge in [-0.05, 0) is 24.1 Å². The highest BCUT2D eigenvalue weighted by Crippen LogP contribution is 2.19. The molecule has 23 heavy (non-hydrogen) atoms. The highest BCUT2D eigenvalue weighted by molar-refractivity contribution is 7.71. The Morgan fingerprint density at radius 2 is 2.09 bits per heavy atom. The van der Waals surface area contributed by atoms with Gasteiger partial charge in [-0.3, -0.25) is 4.79 Å². The molecule has 1 fully saturated rings. The number of pyridine rings is 1. The van der Waals surface area contributed by atoms with Crippen molar-refractivity contribution in [3.63, 3.8) is 0 Å². The molecule has 3 rings (SSSR count). The molecule has 1 aliphatic heterocycles. The summed E-state index contributed by atoms with van der Waals surface area (Å²) in [5.74, 6) is 0.404. The molecule has 4 nitrogen and oxygen atoms in total. The number of hydrogen-bond acceptors (Lipinski definition) is 3. The number of benzene rings is 1. The summed E-state index contributed by atoms with van der Waals surface area (Å²) in [5, 5.41) is 0. The molecule has 1 aromatic heterocycles. The summed E-state index contributed by atoms with van der Waals surface area (Å²) in [6, 6.07) is 13.7. The van der Waals surface area contributed by atoms with Gasteiger partial charge in [-0.15, -0.1) is 0 Å². The molecule has 0 unspecified atom stereocenters. The molecular weight excluding hydrogens is 308 g/mol. The Morgan fingerprint density at radius 1 is 1.26 bits per heavy atom. The number of ether oxygens (including phenoxy) is 1. The van der Waals surface area contributed by atoms with Gasteiger partial charge in [0.05, 0.1) is 18.8 Å². The molecular formula is C18H20N2O2S. The third-order valence-corrected chi connectivity index (χ3v) is 4.42. The summed E-state index contributed by atoms with van der Waals surface area (Å²) in [6.07, 6.45) is 2.72. The predicted molar refractivity (Wildman–Crippen MR) is 91.7 cm³/mol.